The van der Waals surface area contributed by atoms with Crippen molar-refractivity contribution in [3.63, 3.8) is 0 Å². The average molecular weight is 286 g/mol. The zero-order chi connectivity index (χ0) is 14.5. The van der Waals surface area contributed by atoms with Crippen LogP contribution in [0.2, 0.25) is 0 Å². The van der Waals surface area contributed by atoms with Gasteiger partial charge < -0.3 is 10.4 Å². The largest absolute Gasteiger partial charge is 0.388 e. The van der Waals surface area contributed by atoms with Gasteiger partial charge in [-0.05, 0) is 44.2 Å². The first-order valence-electron chi connectivity index (χ1n) is 6.36. The standard InChI is InChI=1S/C13H22N2O3S/c1-4-13(16,5-2)10-15-11-6-8-12(9-7-11)19(17,18)14-3/h6-9,14-16H,4-5,10H2,1-3H3. The second-order valence-electron chi connectivity index (χ2n) is 4.52. The van der Waals surface area contributed by atoms with Gasteiger partial charge in [0.15, 0.2) is 0 Å². The van der Waals surface area contributed by atoms with Crippen molar-refractivity contribution in [2.45, 2.75) is 37.2 Å². The van der Waals surface area contributed by atoms with E-state index in [1.165, 1.54) is 19.2 Å². The predicted molar refractivity (Wildman–Crippen MR) is 76.7 cm³/mol. The van der Waals surface area contributed by atoms with Gasteiger partial charge in [-0.3, -0.25) is 0 Å². The summed E-state index contributed by atoms with van der Waals surface area (Å²) in [6.07, 6.45) is 1.34. The van der Waals surface area contributed by atoms with Crippen LogP contribution in [0.15, 0.2) is 29.2 Å². The monoisotopic (exact) mass is 286 g/mol. The SMILES string of the molecule is CCC(O)(CC)CNc1ccc(S(=O)(=O)NC)cc1. The molecule has 0 aliphatic carbocycles. The molecule has 0 unspecified atom stereocenters. The fourth-order valence-corrected chi connectivity index (χ4v) is 2.37. The van der Waals surface area contributed by atoms with Gasteiger partial charge in [-0.15, -0.1) is 0 Å². The van der Waals surface area contributed by atoms with E-state index in [0.29, 0.717) is 19.4 Å². The summed E-state index contributed by atoms with van der Waals surface area (Å²) in [5.74, 6) is 0. The molecule has 0 spiro atoms. The maximum Gasteiger partial charge on any atom is 0.240 e. The predicted octanol–water partition coefficient (Wildman–Crippen LogP) is 1.56. The minimum absolute atomic E-state index is 0.224. The first-order chi connectivity index (χ1) is 8.87. The Bertz CT molecular complexity index is 493. The number of sulfonamides is 1. The van der Waals surface area contributed by atoms with Crippen molar-refractivity contribution in [1.29, 1.82) is 0 Å². The van der Waals surface area contributed by atoms with Crippen molar-refractivity contribution in [2.75, 3.05) is 18.9 Å². The van der Waals surface area contributed by atoms with Gasteiger partial charge in [-0.2, -0.15) is 0 Å². The Morgan fingerprint density at radius 3 is 2.11 bits per heavy atom. The molecule has 0 atom stereocenters. The summed E-state index contributed by atoms with van der Waals surface area (Å²) in [7, 11) is -2.02. The highest BCUT2D eigenvalue weighted by Gasteiger charge is 2.21. The summed E-state index contributed by atoms with van der Waals surface area (Å²) in [6, 6.07) is 6.45. The maximum atomic E-state index is 11.6. The second kappa shape index (κ2) is 6.36. The Labute approximate surface area is 115 Å². The number of aliphatic hydroxyl groups is 1. The molecule has 0 aliphatic rings. The number of nitrogens with one attached hydrogen (secondary N) is 2. The lowest BCUT2D eigenvalue weighted by molar-refractivity contribution is 0.0457. The van der Waals surface area contributed by atoms with Crippen molar-refractivity contribution in [3.8, 4) is 0 Å². The zero-order valence-electron chi connectivity index (χ0n) is 11.6. The van der Waals surface area contributed by atoms with Crippen LogP contribution >= 0.6 is 0 Å². The first kappa shape index (κ1) is 15.9. The molecular weight excluding hydrogens is 264 g/mol. The Morgan fingerprint density at radius 1 is 1.16 bits per heavy atom. The van der Waals surface area contributed by atoms with Gasteiger partial charge >= 0.3 is 0 Å². The van der Waals surface area contributed by atoms with Crippen molar-refractivity contribution in [2.24, 2.45) is 0 Å². The van der Waals surface area contributed by atoms with Crippen molar-refractivity contribution in [1.82, 2.24) is 4.72 Å². The summed E-state index contributed by atoms with van der Waals surface area (Å²) in [5, 5.41) is 13.3. The molecular formula is C13H22N2O3S. The molecule has 0 aromatic heterocycles. The van der Waals surface area contributed by atoms with E-state index in [4.69, 9.17) is 0 Å². The molecule has 1 rings (SSSR count). The molecule has 6 heteroatoms. The van der Waals surface area contributed by atoms with Gasteiger partial charge in [0.05, 0.1) is 10.5 Å². The van der Waals surface area contributed by atoms with E-state index >= 15 is 0 Å². The van der Waals surface area contributed by atoms with Crippen LogP contribution in [-0.2, 0) is 10.0 Å². The minimum Gasteiger partial charge on any atom is -0.388 e. The average Bonchev–Trinajstić information content (AvgIpc) is 2.45. The molecule has 0 fully saturated rings. The van der Waals surface area contributed by atoms with Gasteiger partial charge in [-0.1, -0.05) is 13.8 Å². The third kappa shape index (κ3) is 4.19. The van der Waals surface area contributed by atoms with E-state index < -0.39 is 15.6 Å². The maximum absolute atomic E-state index is 11.6. The van der Waals surface area contributed by atoms with E-state index in [9.17, 15) is 13.5 Å². The molecule has 0 radical (unpaired) electrons. The third-order valence-corrected chi connectivity index (χ3v) is 4.80. The van der Waals surface area contributed by atoms with Crippen LogP contribution < -0.4 is 10.0 Å². The highest BCUT2D eigenvalue weighted by molar-refractivity contribution is 7.89. The molecule has 0 saturated heterocycles. The second-order valence-corrected chi connectivity index (χ2v) is 6.40. The van der Waals surface area contributed by atoms with Crippen molar-refractivity contribution < 1.29 is 13.5 Å². The number of hydrogen-bond acceptors (Lipinski definition) is 4. The van der Waals surface area contributed by atoms with Crippen molar-refractivity contribution >= 4 is 15.7 Å². The van der Waals surface area contributed by atoms with Gasteiger partial charge in [0, 0.05) is 12.2 Å². The zero-order valence-corrected chi connectivity index (χ0v) is 12.4. The summed E-state index contributed by atoms with van der Waals surface area (Å²) in [6.45, 7) is 4.32. The number of benzene rings is 1. The summed E-state index contributed by atoms with van der Waals surface area (Å²) >= 11 is 0. The van der Waals surface area contributed by atoms with Crippen LogP contribution in [0.4, 0.5) is 5.69 Å². The smallest absolute Gasteiger partial charge is 0.240 e. The Balaban J connectivity index is 2.73. The lowest BCUT2D eigenvalue weighted by Crippen LogP contribution is -2.35. The van der Waals surface area contributed by atoms with Gasteiger partial charge in [0.1, 0.15) is 0 Å². The fourth-order valence-electron chi connectivity index (χ4n) is 1.64. The fraction of sp³-hybridized carbons (Fsp3) is 0.538. The summed E-state index contributed by atoms with van der Waals surface area (Å²) in [5.41, 5.74) is 0.0609. The first-order valence-corrected chi connectivity index (χ1v) is 7.85. The Hall–Kier alpha value is -1.11. The molecule has 19 heavy (non-hydrogen) atoms. The van der Waals surface area contributed by atoms with Gasteiger partial charge in [-0.25, -0.2) is 13.1 Å². The number of rotatable bonds is 7. The van der Waals surface area contributed by atoms with E-state index in [1.54, 1.807) is 12.1 Å². The minimum atomic E-state index is -3.39. The van der Waals surface area contributed by atoms with E-state index in [1.807, 2.05) is 13.8 Å². The van der Waals surface area contributed by atoms with Gasteiger partial charge in [0.25, 0.3) is 0 Å². The summed E-state index contributed by atoms with van der Waals surface area (Å²) < 4.78 is 25.4. The molecule has 1 aromatic carbocycles. The van der Waals surface area contributed by atoms with Crippen molar-refractivity contribution in [3.05, 3.63) is 24.3 Å². The lowest BCUT2D eigenvalue weighted by Gasteiger charge is -2.26. The van der Waals surface area contributed by atoms with E-state index in [2.05, 4.69) is 10.0 Å². The summed E-state index contributed by atoms with van der Waals surface area (Å²) in [4.78, 5) is 0.224. The number of anilines is 1. The molecule has 0 bridgehead atoms. The molecule has 0 saturated carbocycles. The van der Waals surface area contributed by atoms with Crippen LogP contribution in [0.25, 0.3) is 0 Å². The molecule has 0 aliphatic heterocycles. The van der Waals surface area contributed by atoms with Crippen LogP contribution in [0.5, 0.6) is 0 Å². The molecule has 0 heterocycles. The quantitative estimate of drug-likeness (QED) is 0.711. The highest BCUT2D eigenvalue weighted by atomic mass is 32.2. The van der Waals surface area contributed by atoms with E-state index in [-0.39, 0.29) is 4.90 Å². The Morgan fingerprint density at radius 2 is 1.68 bits per heavy atom. The van der Waals surface area contributed by atoms with Crippen LogP contribution in [0, 0.1) is 0 Å². The van der Waals surface area contributed by atoms with Crippen LogP contribution in [-0.4, -0.2) is 32.7 Å². The van der Waals surface area contributed by atoms with Gasteiger partial charge in [0.2, 0.25) is 10.0 Å². The lowest BCUT2D eigenvalue weighted by atomic mass is 9.97. The van der Waals surface area contributed by atoms with Crippen LogP contribution in [0.3, 0.4) is 0 Å². The van der Waals surface area contributed by atoms with Crippen LogP contribution in [0.1, 0.15) is 26.7 Å². The topological polar surface area (TPSA) is 78.4 Å². The molecule has 108 valence electrons. The normalized spacial score (nSPS) is 12.4. The van der Waals surface area contributed by atoms with E-state index in [0.717, 1.165) is 5.69 Å². The molecule has 0 amide bonds. The Kier molecular flexibility index (Phi) is 5.34. The highest BCUT2D eigenvalue weighted by Crippen LogP contribution is 2.18. The molecule has 5 nitrogen and oxygen atoms in total. The third-order valence-electron chi connectivity index (χ3n) is 3.37. The molecule has 1 aromatic rings. The molecule has 3 N–H and O–H groups in total. The number of hydrogen-bond donors (Lipinski definition) is 3.